The molecule has 5 rings (SSSR count). The highest BCUT2D eigenvalue weighted by atomic mass is 19.4. The van der Waals surface area contributed by atoms with E-state index < -0.39 is 24.3 Å². The maximum Gasteiger partial charge on any atom is 0.490 e. The maximum atomic E-state index is 10.6. The number of carboxylic acid groups (broad SMARTS) is 2. The molecule has 0 aliphatic carbocycles. The Hall–Kier alpha value is -4.66. The van der Waals surface area contributed by atoms with E-state index in [0.29, 0.717) is 25.3 Å². The van der Waals surface area contributed by atoms with Crippen LogP contribution in [-0.2, 0) is 25.6 Å². The minimum atomic E-state index is -5.08. The highest BCUT2D eigenvalue weighted by Crippen LogP contribution is 2.34. The molecule has 1 spiro atoms. The van der Waals surface area contributed by atoms with Crippen molar-refractivity contribution in [1.29, 1.82) is 5.26 Å². The number of hydrogen-bond donors (Lipinski definition) is 3. The molecule has 1 aromatic carbocycles. The van der Waals surface area contributed by atoms with Gasteiger partial charge in [-0.25, -0.2) is 14.6 Å². The molecule has 2 aliphatic rings. The fourth-order valence-corrected chi connectivity index (χ4v) is 4.60. The summed E-state index contributed by atoms with van der Waals surface area (Å²) in [5.74, 6) is -2.91. The monoisotopic (exact) mass is 672 g/mol. The third-order valence-electron chi connectivity index (χ3n) is 6.76. The summed E-state index contributed by atoms with van der Waals surface area (Å²) in [6.07, 6.45) is -6.56. The predicted octanol–water partition coefficient (Wildman–Crippen LogP) is 5.34. The fourth-order valence-electron chi connectivity index (χ4n) is 4.60. The van der Waals surface area contributed by atoms with Gasteiger partial charge in [0.05, 0.1) is 31.4 Å². The molecule has 17 heteroatoms. The lowest BCUT2D eigenvalue weighted by Gasteiger charge is -2.31. The molecular formula is C30H30F6N4O7. The van der Waals surface area contributed by atoms with E-state index in [0.717, 1.165) is 55.4 Å². The first-order valence-corrected chi connectivity index (χ1v) is 13.9. The quantitative estimate of drug-likeness (QED) is 0.290. The number of anilines is 1. The molecule has 2 aromatic heterocycles. The maximum absolute atomic E-state index is 10.6. The van der Waals surface area contributed by atoms with E-state index >= 15 is 0 Å². The number of nitrogens with zero attached hydrogens (tertiary/aromatic N) is 3. The summed E-state index contributed by atoms with van der Waals surface area (Å²) in [5, 5.41) is 26.5. The van der Waals surface area contributed by atoms with Gasteiger partial charge in [0.25, 0.3) is 0 Å². The van der Waals surface area contributed by atoms with Gasteiger partial charge in [0.2, 0.25) is 0 Å². The van der Waals surface area contributed by atoms with Crippen molar-refractivity contribution in [3.05, 3.63) is 72.1 Å². The average Bonchev–Trinajstić information content (AvgIpc) is 3.60. The van der Waals surface area contributed by atoms with E-state index in [2.05, 4.69) is 39.5 Å². The van der Waals surface area contributed by atoms with Gasteiger partial charge in [0.15, 0.2) is 0 Å². The van der Waals surface area contributed by atoms with E-state index in [4.69, 9.17) is 39.0 Å². The van der Waals surface area contributed by atoms with Gasteiger partial charge in [0, 0.05) is 31.4 Å². The number of carboxylic acids is 2. The number of aromatic nitrogens is 1. The number of furan rings is 1. The number of rotatable bonds is 6. The Labute approximate surface area is 264 Å². The van der Waals surface area contributed by atoms with Crippen LogP contribution in [0.25, 0.3) is 11.3 Å². The lowest BCUT2D eigenvalue weighted by Crippen LogP contribution is -2.44. The molecule has 0 amide bonds. The van der Waals surface area contributed by atoms with Crippen LogP contribution in [0.15, 0.2) is 65.2 Å². The fraction of sp³-hybridized carbons (Fsp3) is 0.400. The van der Waals surface area contributed by atoms with Crippen molar-refractivity contribution in [2.45, 2.75) is 43.4 Å². The van der Waals surface area contributed by atoms with Crippen LogP contribution in [0.5, 0.6) is 0 Å². The molecular weight excluding hydrogens is 642 g/mol. The molecule has 0 bridgehead atoms. The normalized spacial score (nSPS) is 19.7. The molecule has 3 N–H and O–H groups in total. The van der Waals surface area contributed by atoms with Gasteiger partial charge in [-0.15, -0.1) is 0 Å². The number of ether oxygens (including phenoxy) is 2. The summed E-state index contributed by atoms with van der Waals surface area (Å²) < 4.78 is 82.1. The van der Waals surface area contributed by atoms with Gasteiger partial charge in [-0.3, -0.25) is 4.90 Å². The summed E-state index contributed by atoms with van der Waals surface area (Å²) in [5.41, 5.74) is 1.35. The minimum absolute atomic E-state index is 0.0966. The Morgan fingerprint density at radius 2 is 1.68 bits per heavy atom. The number of nitriles is 1. The molecule has 0 radical (unpaired) electrons. The summed E-state index contributed by atoms with van der Waals surface area (Å²) in [6, 6.07) is 20.0. The van der Waals surface area contributed by atoms with Crippen molar-refractivity contribution in [2.75, 3.05) is 38.2 Å². The third kappa shape index (κ3) is 11.9. The first-order valence-electron chi connectivity index (χ1n) is 13.9. The number of carbonyl (C=O) groups is 2. The first kappa shape index (κ1) is 36.8. The van der Waals surface area contributed by atoms with Crippen molar-refractivity contribution < 1.29 is 60.0 Å². The van der Waals surface area contributed by atoms with Gasteiger partial charge < -0.3 is 29.4 Å². The zero-order chi connectivity index (χ0) is 34.7. The summed E-state index contributed by atoms with van der Waals surface area (Å²) in [6.45, 7) is 4.39. The van der Waals surface area contributed by atoms with Crippen molar-refractivity contribution in [2.24, 2.45) is 0 Å². The average molecular weight is 673 g/mol. The number of nitrogens with one attached hydrogen (secondary N) is 1. The Kier molecular flexibility index (Phi) is 12.7. The second kappa shape index (κ2) is 16.3. The van der Waals surface area contributed by atoms with Gasteiger partial charge in [-0.05, 0) is 37.1 Å². The zero-order valence-corrected chi connectivity index (χ0v) is 24.6. The summed E-state index contributed by atoms with van der Waals surface area (Å²) in [4.78, 5) is 24.4. The van der Waals surface area contributed by atoms with Crippen LogP contribution in [-0.4, -0.2) is 88.9 Å². The predicted molar refractivity (Wildman–Crippen MR) is 152 cm³/mol. The number of aliphatic carboxylic acids is 2. The van der Waals surface area contributed by atoms with Crippen LogP contribution in [0.3, 0.4) is 0 Å². The van der Waals surface area contributed by atoms with Crippen LogP contribution in [0.1, 0.15) is 24.2 Å². The SMILES string of the molecule is N#Cc1ccc(NC[C@H]2CC[C@@]3(COCCN(Cc4ccc(-c5ccccc5)o4)C3)O2)nc1.O=C(O)C(F)(F)F.O=C(O)C(F)(F)F. The molecule has 2 atom stereocenters. The topological polar surface area (TPSA) is 158 Å². The van der Waals surface area contributed by atoms with Crippen molar-refractivity contribution in [3.63, 3.8) is 0 Å². The molecule has 3 aromatic rings. The van der Waals surface area contributed by atoms with Crippen molar-refractivity contribution >= 4 is 17.8 Å². The Balaban J connectivity index is 0.000000360. The van der Waals surface area contributed by atoms with Crippen LogP contribution in [0.2, 0.25) is 0 Å². The molecule has 11 nitrogen and oxygen atoms in total. The molecule has 0 saturated carbocycles. The van der Waals surface area contributed by atoms with E-state index in [9.17, 15) is 26.3 Å². The van der Waals surface area contributed by atoms with E-state index in [-0.39, 0.29) is 11.7 Å². The molecule has 47 heavy (non-hydrogen) atoms. The number of pyridine rings is 1. The highest BCUT2D eigenvalue weighted by molar-refractivity contribution is 5.73. The minimum Gasteiger partial charge on any atom is -0.475 e. The van der Waals surface area contributed by atoms with Crippen molar-refractivity contribution in [1.82, 2.24) is 9.88 Å². The second-order valence-corrected chi connectivity index (χ2v) is 10.4. The van der Waals surface area contributed by atoms with Crippen LogP contribution >= 0.6 is 0 Å². The zero-order valence-electron chi connectivity index (χ0n) is 24.6. The van der Waals surface area contributed by atoms with Gasteiger partial charge >= 0.3 is 24.3 Å². The molecule has 0 unspecified atom stereocenters. The van der Waals surface area contributed by atoms with E-state index in [1.165, 1.54) is 0 Å². The Morgan fingerprint density at radius 1 is 1.02 bits per heavy atom. The van der Waals surface area contributed by atoms with E-state index in [1.807, 2.05) is 30.3 Å². The lowest BCUT2D eigenvalue weighted by atomic mass is 10.00. The summed E-state index contributed by atoms with van der Waals surface area (Å²) >= 11 is 0. The van der Waals surface area contributed by atoms with Gasteiger partial charge in [0.1, 0.15) is 29.0 Å². The molecule has 4 heterocycles. The van der Waals surface area contributed by atoms with Crippen molar-refractivity contribution in [3.8, 4) is 17.4 Å². The molecule has 254 valence electrons. The number of hydrogen-bond acceptors (Lipinski definition) is 9. The number of alkyl halides is 6. The highest BCUT2D eigenvalue weighted by Gasteiger charge is 2.43. The van der Waals surface area contributed by atoms with Gasteiger partial charge in [-0.1, -0.05) is 30.3 Å². The first-order chi connectivity index (χ1) is 22.1. The van der Waals surface area contributed by atoms with Crippen LogP contribution < -0.4 is 5.32 Å². The standard InChI is InChI=1S/C26H28N4O3.2C2HF3O2/c27-14-20-6-9-25(28-15-20)29-16-22-10-11-26(33-22)18-30(12-13-31-19-26)17-23-7-8-24(32-23)21-4-2-1-3-5-21;2*3-2(4,5)1(6)7/h1-9,15,22H,10-13,16-19H2,(H,28,29);2*(H,6,7)/t22-,26-;;/m1../s1. The molecule has 2 saturated heterocycles. The van der Waals surface area contributed by atoms with E-state index in [1.54, 1.807) is 12.3 Å². The third-order valence-corrected chi connectivity index (χ3v) is 6.76. The van der Waals surface area contributed by atoms with Crippen LogP contribution in [0, 0.1) is 11.3 Å². The Bertz CT molecular complexity index is 1470. The molecule has 2 aliphatic heterocycles. The smallest absolute Gasteiger partial charge is 0.475 e. The lowest BCUT2D eigenvalue weighted by molar-refractivity contribution is -0.193. The van der Waals surface area contributed by atoms with Crippen LogP contribution in [0.4, 0.5) is 32.2 Å². The Morgan fingerprint density at radius 3 is 2.26 bits per heavy atom. The second-order valence-electron chi connectivity index (χ2n) is 10.4. The van der Waals surface area contributed by atoms with Gasteiger partial charge in [-0.2, -0.15) is 31.6 Å². The number of halogens is 6. The number of benzene rings is 1. The summed E-state index contributed by atoms with van der Waals surface area (Å²) in [7, 11) is 0. The molecule has 2 fully saturated rings. The largest absolute Gasteiger partial charge is 0.490 e.